The molecule has 4 N–H and O–H groups in total. The van der Waals surface area contributed by atoms with Gasteiger partial charge < -0.3 is 16.2 Å². The van der Waals surface area contributed by atoms with E-state index in [2.05, 4.69) is 29.1 Å². The third-order valence-electron chi connectivity index (χ3n) is 2.79. The molecule has 0 aliphatic rings. The lowest BCUT2D eigenvalue weighted by Crippen LogP contribution is -2.22. The van der Waals surface area contributed by atoms with Crippen molar-refractivity contribution < 1.29 is 5.11 Å². The molecule has 17 heavy (non-hydrogen) atoms. The Kier molecular flexibility index (Phi) is 5.69. The summed E-state index contributed by atoms with van der Waals surface area (Å²) >= 11 is 0. The smallest absolute Gasteiger partial charge is 0.134 e. The van der Waals surface area contributed by atoms with Crippen molar-refractivity contribution in [1.29, 1.82) is 0 Å². The molecule has 5 heteroatoms. The molecule has 0 bridgehead atoms. The Labute approximate surface area is 102 Å². The molecule has 5 nitrogen and oxygen atoms in total. The summed E-state index contributed by atoms with van der Waals surface area (Å²) in [5, 5.41) is 12.3. The summed E-state index contributed by atoms with van der Waals surface area (Å²) in [4.78, 5) is 8.26. The Balaban J connectivity index is 2.84. The lowest BCUT2D eigenvalue weighted by Gasteiger charge is -2.19. The standard InChI is InChI=1S/C12H22N4O/c1-3-5-10-11(13)14-8-15-12(10)16-9(4-2)6-7-17/h8-9,17H,3-7H2,1-2H3,(H3,13,14,15,16). The zero-order chi connectivity index (χ0) is 12.7. The van der Waals surface area contributed by atoms with E-state index in [1.807, 2.05) is 0 Å². The van der Waals surface area contributed by atoms with Crippen LogP contribution >= 0.6 is 0 Å². The average Bonchev–Trinajstić information content (AvgIpc) is 2.33. The van der Waals surface area contributed by atoms with E-state index < -0.39 is 0 Å². The number of hydrogen-bond acceptors (Lipinski definition) is 5. The maximum atomic E-state index is 8.98. The lowest BCUT2D eigenvalue weighted by molar-refractivity contribution is 0.278. The van der Waals surface area contributed by atoms with Crippen molar-refractivity contribution >= 4 is 11.6 Å². The number of rotatable bonds is 7. The van der Waals surface area contributed by atoms with Crippen molar-refractivity contribution in [3.05, 3.63) is 11.9 Å². The minimum Gasteiger partial charge on any atom is -0.396 e. The van der Waals surface area contributed by atoms with Crippen LogP contribution < -0.4 is 11.1 Å². The second kappa shape index (κ2) is 7.06. The number of hydrogen-bond donors (Lipinski definition) is 3. The van der Waals surface area contributed by atoms with Crippen LogP contribution in [0.25, 0.3) is 0 Å². The number of nitrogens with one attached hydrogen (secondary N) is 1. The summed E-state index contributed by atoms with van der Waals surface area (Å²) in [5.74, 6) is 1.35. The first-order valence-electron chi connectivity index (χ1n) is 6.19. The number of nitrogen functional groups attached to an aromatic ring is 1. The third kappa shape index (κ3) is 3.85. The fraction of sp³-hybridized carbons (Fsp3) is 0.667. The number of aromatic nitrogens is 2. The fourth-order valence-corrected chi connectivity index (χ4v) is 1.77. The first-order valence-corrected chi connectivity index (χ1v) is 6.19. The molecule has 1 atom stereocenters. The van der Waals surface area contributed by atoms with E-state index in [-0.39, 0.29) is 12.6 Å². The van der Waals surface area contributed by atoms with Gasteiger partial charge in [-0.05, 0) is 19.3 Å². The van der Waals surface area contributed by atoms with Crippen LogP contribution in [0.3, 0.4) is 0 Å². The van der Waals surface area contributed by atoms with Crippen LogP contribution in [0.2, 0.25) is 0 Å². The number of nitrogens with two attached hydrogens (primary N) is 1. The molecule has 1 heterocycles. The van der Waals surface area contributed by atoms with E-state index >= 15 is 0 Å². The van der Waals surface area contributed by atoms with Crippen LogP contribution in [0.15, 0.2) is 6.33 Å². The predicted molar refractivity (Wildman–Crippen MR) is 69.8 cm³/mol. The molecule has 0 spiro atoms. The molecule has 0 aromatic carbocycles. The van der Waals surface area contributed by atoms with Crippen molar-refractivity contribution in [3.63, 3.8) is 0 Å². The summed E-state index contributed by atoms with van der Waals surface area (Å²) in [6, 6.07) is 0.227. The molecule has 0 saturated carbocycles. The van der Waals surface area contributed by atoms with E-state index in [4.69, 9.17) is 10.8 Å². The molecule has 1 aromatic heterocycles. The Morgan fingerprint density at radius 2 is 2.18 bits per heavy atom. The highest BCUT2D eigenvalue weighted by molar-refractivity contribution is 5.55. The van der Waals surface area contributed by atoms with Crippen molar-refractivity contribution in [2.45, 2.75) is 45.6 Å². The minimum absolute atomic E-state index is 0.176. The number of anilines is 2. The Morgan fingerprint density at radius 1 is 1.41 bits per heavy atom. The summed E-state index contributed by atoms with van der Waals surface area (Å²) in [6.07, 6.45) is 5.00. The molecular weight excluding hydrogens is 216 g/mol. The van der Waals surface area contributed by atoms with E-state index in [9.17, 15) is 0 Å². The Hall–Kier alpha value is -1.36. The average molecular weight is 238 g/mol. The van der Waals surface area contributed by atoms with Crippen LogP contribution in [0, 0.1) is 0 Å². The first-order chi connectivity index (χ1) is 8.22. The van der Waals surface area contributed by atoms with Gasteiger partial charge in [0.2, 0.25) is 0 Å². The molecule has 0 aliphatic heterocycles. The quantitative estimate of drug-likeness (QED) is 0.671. The van der Waals surface area contributed by atoms with Crippen LogP contribution in [0.1, 0.15) is 38.7 Å². The van der Waals surface area contributed by atoms with Gasteiger partial charge >= 0.3 is 0 Å². The maximum absolute atomic E-state index is 8.98. The van der Waals surface area contributed by atoms with Gasteiger partial charge in [0.25, 0.3) is 0 Å². The summed E-state index contributed by atoms with van der Waals surface area (Å²) in [7, 11) is 0. The van der Waals surface area contributed by atoms with E-state index in [1.165, 1.54) is 6.33 Å². The van der Waals surface area contributed by atoms with Crippen molar-refractivity contribution in [1.82, 2.24) is 9.97 Å². The van der Waals surface area contributed by atoms with E-state index in [0.717, 1.165) is 30.6 Å². The lowest BCUT2D eigenvalue weighted by atomic mass is 10.1. The molecule has 0 radical (unpaired) electrons. The van der Waals surface area contributed by atoms with Crippen molar-refractivity contribution in [2.75, 3.05) is 17.7 Å². The fourth-order valence-electron chi connectivity index (χ4n) is 1.77. The normalized spacial score (nSPS) is 12.4. The van der Waals surface area contributed by atoms with Gasteiger partial charge in [-0.2, -0.15) is 0 Å². The largest absolute Gasteiger partial charge is 0.396 e. The summed E-state index contributed by atoms with van der Waals surface area (Å²) < 4.78 is 0. The van der Waals surface area contributed by atoms with Gasteiger partial charge in [0.1, 0.15) is 18.0 Å². The van der Waals surface area contributed by atoms with Gasteiger partial charge in [-0.15, -0.1) is 0 Å². The molecule has 0 saturated heterocycles. The molecule has 0 aliphatic carbocycles. The minimum atomic E-state index is 0.176. The van der Waals surface area contributed by atoms with Crippen molar-refractivity contribution in [2.24, 2.45) is 0 Å². The van der Waals surface area contributed by atoms with Crippen LogP contribution in [-0.4, -0.2) is 27.7 Å². The Morgan fingerprint density at radius 3 is 2.76 bits per heavy atom. The van der Waals surface area contributed by atoms with Gasteiger partial charge in [-0.1, -0.05) is 20.3 Å². The van der Waals surface area contributed by atoms with Crippen molar-refractivity contribution in [3.8, 4) is 0 Å². The maximum Gasteiger partial charge on any atom is 0.134 e. The van der Waals surface area contributed by atoms with Gasteiger partial charge in [-0.3, -0.25) is 0 Å². The number of nitrogens with zero attached hydrogens (tertiary/aromatic N) is 2. The molecule has 0 fully saturated rings. The predicted octanol–water partition coefficient (Wildman–Crippen LogP) is 1.58. The summed E-state index contributed by atoms with van der Waals surface area (Å²) in [5.41, 5.74) is 6.84. The monoisotopic (exact) mass is 238 g/mol. The summed E-state index contributed by atoms with van der Waals surface area (Å²) in [6.45, 7) is 4.35. The van der Waals surface area contributed by atoms with E-state index in [1.54, 1.807) is 0 Å². The first kappa shape index (κ1) is 13.7. The van der Waals surface area contributed by atoms with E-state index in [0.29, 0.717) is 12.2 Å². The van der Waals surface area contributed by atoms with Crippen LogP contribution in [-0.2, 0) is 6.42 Å². The second-order valence-corrected chi connectivity index (χ2v) is 4.10. The molecule has 1 aromatic rings. The highest BCUT2D eigenvalue weighted by Crippen LogP contribution is 2.20. The third-order valence-corrected chi connectivity index (χ3v) is 2.79. The molecule has 1 rings (SSSR count). The number of aliphatic hydroxyl groups is 1. The van der Waals surface area contributed by atoms with Gasteiger partial charge in [0, 0.05) is 18.2 Å². The van der Waals surface area contributed by atoms with Gasteiger partial charge in [0.15, 0.2) is 0 Å². The second-order valence-electron chi connectivity index (χ2n) is 4.10. The van der Waals surface area contributed by atoms with Gasteiger partial charge in [0.05, 0.1) is 0 Å². The Bertz CT molecular complexity index is 343. The molecule has 1 unspecified atom stereocenters. The number of aliphatic hydroxyl groups excluding tert-OH is 1. The molecule has 0 amide bonds. The SMILES string of the molecule is CCCc1c(N)ncnc1NC(CC)CCO. The van der Waals surface area contributed by atoms with Crippen LogP contribution in [0.4, 0.5) is 11.6 Å². The highest BCUT2D eigenvalue weighted by Gasteiger charge is 2.12. The van der Waals surface area contributed by atoms with Gasteiger partial charge in [-0.25, -0.2) is 9.97 Å². The zero-order valence-electron chi connectivity index (χ0n) is 10.6. The zero-order valence-corrected chi connectivity index (χ0v) is 10.6. The highest BCUT2D eigenvalue weighted by atomic mass is 16.3. The molecular formula is C12H22N4O. The van der Waals surface area contributed by atoms with Crippen LogP contribution in [0.5, 0.6) is 0 Å². The molecule has 96 valence electrons. The topological polar surface area (TPSA) is 84.1 Å².